The van der Waals surface area contributed by atoms with Crippen LogP contribution in [-0.4, -0.2) is 24.4 Å². The highest BCUT2D eigenvalue weighted by Crippen LogP contribution is 1.84. The fourth-order valence-electron chi connectivity index (χ4n) is 0.355. The van der Waals surface area contributed by atoms with E-state index in [0.717, 1.165) is 6.08 Å². The van der Waals surface area contributed by atoms with Crippen molar-refractivity contribution in [3.8, 4) is 0 Å². The SMILES string of the molecule is C=CC(=O)OCCCOO. The number of rotatable bonds is 5. The van der Waals surface area contributed by atoms with Crippen LogP contribution in [0.15, 0.2) is 12.7 Å². The summed E-state index contributed by atoms with van der Waals surface area (Å²) >= 11 is 0. The normalized spacial score (nSPS) is 8.90. The van der Waals surface area contributed by atoms with E-state index in [1.165, 1.54) is 0 Å². The van der Waals surface area contributed by atoms with Gasteiger partial charge in [-0.1, -0.05) is 6.58 Å². The van der Waals surface area contributed by atoms with Crippen LogP contribution in [0, 0.1) is 0 Å². The molecule has 0 amide bonds. The minimum atomic E-state index is -0.460. The van der Waals surface area contributed by atoms with Crippen molar-refractivity contribution in [1.82, 2.24) is 0 Å². The summed E-state index contributed by atoms with van der Waals surface area (Å²) < 4.78 is 4.55. The van der Waals surface area contributed by atoms with Crippen LogP contribution in [0.1, 0.15) is 6.42 Å². The molecule has 0 aromatic carbocycles. The Kier molecular flexibility index (Phi) is 5.71. The van der Waals surface area contributed by atoms with Crippen LogP contribution >= 0.6 is 0 Å². The maximum atomic E-state index is 10.3. The minimum Gasteiger partial charge on any atom is -0.462 e. The maximum Gasteiger partial charge on any atom is 0.330 e. The van der Waals surface area contributed by atoms with Gasteiger partial charge >= 0.3 is 5.97 Å². The lowest BCUT2D eigenvalue weighted by Crippen LogP contribution is -2.03. The molecule has 4 nitrogen and oxygen atoms in total. The van der Waals surface area contributed by atoms with Crippen molar-refractivity contribution in [3.05, 3.63) is 12.7 Å². The van der Waals surface area contributed by atoms with Gasteiger partial charge in [0.25, 0.3) is 0 Å². The van der Waals surface area contributed by atoms with Crippen LogP contribution in [0.4, 0.5) is 0 Å². The number of carbonyl (C=O) groups is 1. The van der Waals surface area contributed by atoms with E-state index >= 15 is 0 Å². The summed E-state index contributed by atoms with van der Waals surface area (Å²) in [5.41, 5.74) is 0. The van der Waals surface area contributed by atoms with Crippen molar-refractivity contribution in [2.45, 2.75) is 6.42 Å². The molecule has 0 aliphatic carbocycles. The van der Waals surface area contributed by atoms with E-state index in [9.17, 15) is 4.79 Å². The highest BCUT2D eigenvalue weighted by molar-refractivity contribution is 5.81. The van der Waals surface area contributed by atoms with Gasteiger partial charge in [0.15, 0.2) is 0 Å². The second kappa shape index (κ2) is 6.25. The average Bonchev–Trinajstić information content (AvgIpc) is 1.98. The highest BCUT2D eigenvalue weighted by Gasteiger charge is 1.93. The molecule has 0 aromatic rings. The maximum absolute atomic E-state index is 10.3. The molecule has 1 N–H and O–H groups in total. The van der Waals surface area contributed by atoms with Crippen molar-refractivity contribution < 1.29 is 19.7 Å². The summed E-state index contributed by atoms with van der Waals surface area (Å²) in [6, 6.07) is 0. The Morgan fingerprint density at radius 1 is 1.60 bits per heavy atom. The van der Waals surface area contributed by atoms with Gasteiger partial charge in [0.2, 0.25) is 0 Å². The highest BCUT2D eigenvalue weighted by atomic mass is 17.1. The van der Waals surface area contributed by atoms with E-state index in [0.29, 0.717) is 6.42 Å². The molecule has 0 saturated carbocycles. The average molecular weight is 146 g/mol. The Labute approximate surface area is 59.0 Å². The second-order valence-electron chi connectivity index (χ2n) is 1.56. The first-order valence-corrected chi connectivity index (χ1v) is 2.87. The van der Waals surface area contributed by atoms with Gasteiger partial charge in [0.1, 0.15) is 0 Å². The summed E-state index contributed by atoms with van der Waals surface area (Å²) in [6.45, 7) is 3.62. The Morgan fingerprint density at radius 3 is 2.80 bits per heavy atom. The predicted octanol–water partition coefficient (Wildman–Crippen LogP) is 0.595. The van der Waals surface area contributed by atoms with Gasteiger partial charge < -0.3 is 4.74 Å². The second-order valence-corrected chi connectivity index (χ2v) is 1.56. The summed E-state index contributed by atoms with van der Waals surface area (Å²) in [6.07, 6.45) is 1.57. The lowest BCUT2D eigenvalue weighted by atomic mass is 10.5. The molecule has 0 aliphatic rings. The van der Waals surface area contributed by atoms with Crippen LogP contribution in [-0.2, 0) is 14.4 Å². The van der Waals surface area contributed by atoms with Gasteiger partial charge in [0.05, 0.1) is 13.2 Å². The molecule has 0 radical (unpaired) electrons. The first kappa shape index (κ1) is 9.13. The van der Waals surface area contributed by atoms with Crippen molar-refractivity contribution in [3.63, 3.8) is 0 Å². The molecule has 0 saturated heterocycles. The van der Waals surface area contributed by atoms with Gasteiger partial charge in [-0.3, -0.25) is 5.26 Å². The third kappa shape index (κ3) is 5.27. The first-order chi connectivity index (χ1) is 4.81. The molecule has 0 atom stereocenters. The van der Waals surface area contributed by atoms with Crippen molar-refractivity contribution in [2.24, 2.45) is 0 Å². The fraction of sp³-hybridized carbons (Fsp3) is 0.500. The van der Waals surface area contributed by atoms with Crippen LogP contribution in [0.3, 0.4) is 0 Å². The third-order valence-corrected chi connectivity index (χ3v) is 0.791. The first-order valence-electron chi connectivity index (χ1n) is 2.87. The van der Waals surface area contributed by atoms with Crippen molar-refractivity contribution in [1.29, 1.82) is 0 Å². The molecule has 0 heterocycles. The Morgan fingerprint density at radius 2 is 2.30 bits per heavy atom. The standard InChI is InChI=1S/C6H10O4/c1-2-6(7)9-4-3-5-10-8/h2,8H,1,3-5H2. The Hall–Kier alpha value is -0.870. The molecule has 0 bridgehead atoms. The fourth-order valence-corrected chi connectivity index (χ4v) is 0.355. The number of carbonyl (C=O) groups excluding carboxylic acids is 1. The molecule has 0 spiro atoms. The monoisotopic (exact) mass is 146 g/mol. The zero-order valence-corrected chi connectivity index (χ0v) is 5.58. The van der Waals surface area contributed by atoms with Gasteiger partial charge in [-0.25, -0.2) is 9.68 Å². The summed E-state index contributed by atoms with van der Waals surface area (Å²) in [5, 5.41) is 7.83. The molecule has 10 heavy (non-hydrogen) atoms. The molecular weight excluding hydrogens is 136 g/mol. The van der Waals surface area contributed by atoms with Gasteiger partial charge in [-0.2, -0.15) is 0 Å². The van der Waals surface area contributed by atoms with Gasteiger partial charge in [0, 0.05) is 12.5 Å². The van der Waals surface area contributed by atoms with E-state index < -0.39 is 5.97 Å². The van der Waals surface area contributed by atoms with E-state index in [2.05, 4.69) is 16.2 Å². The lowest BCUT2D eigenvalue weighted by Gasteiger charge is -1.98. The Balaban J connectivity index is 3.03. The summed E-state index contributed by atoms with van der Waals surface area (Å²) in [5.74, 6) is -0.460. The van der Waals surface area contributed by atoms with Crippen molar-refractivity contribution >= 4 is 5.97 Å². The third-order valence-electron chi connectivity index (χ3n) is 0.791. The zero-order chi connectivity index (χ0) is 7.82. The molecule has 0 aromatic heterocycles. The topological polar surface area (TPSA) is 55.8 Å². The van der Waals surface area contributed by atoms with Gasteiger partial charge in [-0.05, 0) is 0 Å². The number of hydrogen-bond donors (Lipinski definition) is 1. The van der Waals surface area contributed by atoms with Crippen LogP contribution in [0.2, 0.25) is 0 Å². The predicted molar refractivity (Wildman–Crippen MR) is 34.4 cm³/mol. The Bertz CT molecular complexity index is 110. The molecule has 0 rings (SSSR count). The van der Waals surface area contributed by atoms with Gasteiger partial charge in [-0.15, -0.1) is 0 Å². The van der Waals surface area contributed by atoms with Crippen LogP contribution < -0.4 is 0 Å². The largest absolute Gasteiger partial charge is 0.462 e. The smallest absolute Gasteiger partial charge is 0.330 e. The molecule has 0 fully saturated rings. The van der Waals surface area contributed by atoms with E-state index in [-0.39, 0.29) is 13.2 Å². The minimum absolute atomic E-state index is 0.171. The zero-order valence-electron chi connectivity index (χ0n) is 5.58. The number of hydrogen-bond acceptors (Lipinski definition) is 4. The van der Waals surface area contributed by atoms with E-state index in [4.69, 9.17) is 5.26 Å². The molecule has 4 heteroatoms. The van der Waals surface area contributed by atoms with Crippen molar-refractivity contribution in [2.75, 3.05) is 13.2 Å². The molecule has 0 aliphatic heterocycles. The van der Waals surface area contributed by atoms with Crippen LogP contribution in [0.25, 0.3) is 0 Å². The summed E-state index contributed by atoms with van der Waals surface area (Å²) in [7, 11) is 0. The molecular formula is C6H10O4. The molecule has 58 valence electrons. The quantitative estimate of drug-likeness (QED) is 0.203. The number of ether oxygens (including phenoxy) is 1. The summed E-state index contributed by atoms with van der Waals surface area (Å²) in [4.78, 5) is 14.1. The van der Waals surface area contributed by atoms with E-state index in [1.807, 2.05) is 0 Å². The number of esters is 1. The van der Waals surface area contributed by atoms with Crippen LogP contribution in [0.5, 0.6) is 0 Å². The molecule has 0 unspecified atom stereocenters. The lowest BCUT2D eigenvalue weighted by molar-refractivity contribution is -0.243. The van der Waals surface area contributed by atoms with E-state index in [1.54, 1.807) is 0 Å².